The van der Waals surface area contributed by atoms with Crippen molar-refractivity contribution in [3.8, 4) is 0 Å². The molecule has 2 fully saturated rings. The number of hydrogen-bond donors (Lipinski definition) is 0. The molecule has 8 heteroatoms. The average Bonchev–Trinajstić information content (AvgIpc) is 2.97. The summed E-state index contributed by atoms with van der Waals surface area (Å²) in [6, 6.07) is -0.934. The zero-order chi connectivity index (χ0) is 18.2. The number of hydrogen-bond acceptors (Lipinski definition) is 5. The highest BCUT2D eigenvalue weighted by molar-refractivity contribution is 6.44. The highest BCUT2D eigenvalue weighted by Gasteiger charge is 2.46. The molecule has 0 saturated carbocycles. The first-order valence-electron chi connectivity index (χ1n) is 8.18. The summed E-state index contributed by atoms with van der Waals surface area (Å²) < 4.78 is 5.32. The summed E-state index contributed by atoms with van der Waals surface area (Å²) in [4.78, 5) is 51.8. The van der Waals surface area contributed by atoms with E-state index in [9.17, 15) is 19.2 Å². The number of nitrogens with zero attached hydrogens (tertiary/aromatic N) is 3. The lowest BCUT2D eigenvalue weighted by atomic mass is 10.1. The second-order valence-electron chi connectivity index (χ2n) is 7.55. The molecule has 0 aromatic rings. The molecule has 5 amide bonds. The third-order valence-corrected chi connectivity index (χ3v) is 3.98. The van der Waals surface area contributed by atoms with Gasteiger partial charge in [-0.2, -0.15) is 0 Å². The van der Waals surface area contributed by atoms with Crippen molar-refractivity contribution in [3.63, 3.8) is 0 Å². The van der Waals surface area contributed by atoms with E-state index in [1.54, 1.807) is 39.5 Å². The lowest BCUT2D eigenvalue weighted by molar-refractivity contribution is -0.144. The van der Waals surface area contributed by atoms with E-state index in [1.165, 1.54) is 0 Å². The van der Waals surface area contributed by atoms with E-state index in [1.807, 2.05) is 0 Å². The third kappa shape index (κ3) is 3.68. The molecule has 0 aromatic heterocycles. The van der Waals surface area contributed by atoms with Crippen LogP contribution in [-0.4, -0.2) is 69.9 Å². The monoisotopic (exact) mass is 339 g/mol. The number of rotatable bonds is 3. The standard InChI is InChI=1S/C16H25N3O5/c1-10(2)19-13(21)12(20)18(14(19)22)9-11-6-7-17(8-11)15(23)24-16(3,4)5/h10-11H,6-9H2,1-5H3. The molecule has 1 atom stereocenters. The first kappa shape index (κ1) is 18.2. The Morgan fingerprint density at radius 2 is 1.83 bits per heavy atom. The number of carbonyl (C=O) groups is 4. The van der Waals surface area contributed by atoms with Gasteiger partial charge in [0, 0.05) is 25.7 Å². The molecular formula is C16H25N3O5. The van der Waals surface area contributed by atoms with Crippen molar-refractivity contribution in [2.24, 2.45) is 5.92 Å². The van der Waals surface area contributed by atoms with E-state index in [4.69, 9.17) is 4.74 Å². The minimum Gasteiger partial charge on any atom is -0.444 e. The van der Waals surface area contributed by atoms with Gasteiger partial charge in [0.1, 0.15) is 5.60 Å². The van der Waals surface area contributed by atoms with E-state index in [0.29, 0.717) is 19.5 Å². The molecule has 0 bridgehead atoms. The lowest BCUT2D eigenvalue weighted by Gasteiger charge is -2.25. The number of amides is 5. The molecule has 0 radical (unpaired) electrons. The summed E-state index contributed by atoms with van der Waals surface area (Å²) in [5, 5.41) is 0. The smallest absolute Gasteiger partial charge is 0.410 e. The van der Waals surface area contributed by atoms with Crippen molar-refractivity contribution in [2.45, 2.75) is 52.7 Å². The Hall–Kier alpha value is -2.12. The van der Waals surface area contributed by atoms with Crippen LogP contribution in [0.1, 0.15) is 41.0 Å². The molecule has 2 heterocycles. The Morgan fingerprint density at radius 3 is 2.33 bits per heavy atom. The SMILES string of the molecule is CC(C)N1C(=O)C(=O)N(CC2CCN(C(=O)OC(C)(C)C)C2)C1=O. The normalized spacial score (nSPS) is 22.2. The predicted molar refractivity (Wildman–Crippen MR) is 85.0 cm³/mol. The van der Waals surface area contributed by atoms with Crippen LogP contribution in [0.2, 0.25) is 0 Å². The minimum absolute atomic E-state index is 0.0506. The lowest BCUT2D eigenvalue weighted by Crippen LogP contribution is -2.40. The van der Waals surface area contributed by atoms with Crippen molar-refractivity contribution in [2.75, 3.05) is 19.6 Å². The molecule has 24 heavy (non-hydrogen) atoms. The number of urea groups is 1. The van der Waals surface area contributed by atoms with Crippen LogP contribution in [-0.2, 0) is 14.3 Å². The molecule has 0 spiro atoms. The summed E-state index contributed by atoms with van der Waals surface area (Å²) in [5.41, 5.74) is -0.569. The second-order valence-corrected chi connectivity index (χ2v) is 7.55. The van der Waals surface area contributed by atoms with Crippen LogP contribution in [0.3, 0.4) is 0 Å². The van der Waals surface area contributed by atoms with Gasteiger partial charge in [0.05, 0.1) is 0 Å². The quantitative estimate of drug-likeness (QED) is 0.573. The number of carbonyl (C=O) groups excluding carboxylic acids is 4. The molecular weight excluding hydrogens is 314 g/mol. The molecule has 0 aliphatic carbocycles. The molecule has 1 unspecified atom stereocenters. The number of likely N-dealkylation sites (tertiary alicyclic amines) is 1. The van der Waals surface area contributed by atoms with Gasteiger partial charge in [-0.05, 0) is 47.0 Å². The van der Waals surface area contributed by atoms with Gasteiger partial charge in [-0.3, -0.25) is 19.4 Å². The molecule has 2 saturated heterocycles. The van der Waals surface area contributed by atoms with E-state index in [0.717, 1.165) is 9.80 Å². The zero-order valence-corrected chi connectivity index (χ0v) is 14.9. The zero-order valence-electron chi connectivity index (χ0n) is 14.9. The fourth-order valence-corrected chi connectivity index (χ4v) is 2.87. The van der Waals surface area contributed by atoms with Crippen LogP contribution < -0.4 is 0 Å². The van der Waals surface area contributed by atoms with Crippen molar-refractivity contribution < 1.29 is 23.9 Å². The Bertz CT molecular complexity index is 567. The van der Waals surface area contributed by atoms with E-state index >= 15 is 0 Å². The van der Waals surface area contributed by atoms with Gasteiger partial charge >= 0.3 is 23.9 Å². The predicted octanol–water partition coefficient (Wildman–Crippen LogP) is 1.44. The van der Waals surface area contributed by atoms with Gasteiger partial charge in [-0.15, -0.1) is 0 Å². The summed E-state index contributed by atoms with van der Waals surface area (Å²) in [6.07, 6.45) is 0.260. The van der Waals surface area contributed by atoms with Gasteiger partial charge in [0.15, 0.2) is 0 Å². The summed E-state index contributed by atoms with van der Waals surface area (Å²) in [6.45, 7) is 9.83. The number of ether oxygens (including phenoxy) is 1. The fraction of sp³-hybridized carbons (Fsp3) is 0.750. The van der Waals surface area contributed by atoms with Crippen molar-refractivity contribution in [1.82, 2.24) is 14.7 Å². The highest BCUT2D eigenvalue weighted by atomic mass is 16.6. The van der Waals surface area contributed by atoms with Crippen LogP contribution in [0.25, 0.3) is 0 Å². The first-order chi connectivity index (χ1) is 11.0. The minimum atomic E-state index is -0.788. The maximum Gasteiger partial charge on any atom is 0.410 e. The van der Waals surface area contributed by atoms with Gasteiger partial charge in [-0.25, -0.2) is 9.59 Å². The maximum atomic E-state index is 12.3. The van der Waals surface area contributed by atoms with Gasteiger partial charge in [0.2, 0.25) is 0 Å². The van der Waals surface area contributed by atoms with E-state index in [-0.39, 0.29) is 18.5 Å². The summed E-state index contributed by atoms with van der Waals surface area (Å²) in [7, 11) is 0. The first-order valence-corrected chi connectivity index (χ1v) is 8.18. The van der Waals surface area contributed by atoms with Crippen molar-refractivity contribution >= 4 is 23.9 Å². The Kier molecular flexibility index (Phi) is 4.87. The molecule has 2 aliphatic heterocycles. The molecule has 2 rings (SSSR count). The van der Waals surface area contributed by atoms with E-state index in [2.05, 4.69) is 0 Å². The Labute approximate surface area is 141 Å². The maximum absolute atomic E-state index is 12.3. The van der Waals surface area contributed by atoms with Gasteiger partial charge < -0.3 is 9.64 Å². The summed E-state index contributed by atoms with van der Waals surface area (Å²) in [5.74, 6) is -1.62. The Morgan fingerprint density at radius 1 is 1.21 bits per heavy atom. The summed E-state index contributed by atoms with van der Waals surface area (Å²) >= 11 is 0. The third-order valence-electron chi connectivity index (χ3n) is 3.98. The Balaban J connectivity index is 1.96. The second kappa shape index (κ2) is 6.41. The molecule has 2 aliphatic rings. The molecule has 0 aromatic carbocycles. The van der Waals surface area contributed by atoms with Crippen LogP contribution in [0.4, 0.5) is 9.59 Å². The highest BCUT2D eigenvalue weighted by Crippen LogP contribution is 2.23. The van der Waals surface area contributed by atoms with E-state index < -0.39 is 29.5 Å². The van der Waals surface area contributed by atoms with Crippen molar-refractivity contribution in [3.05, 3.63) is 0 Å². The average molecular weight is 339 g/mol. The largest absolute Gasteiger partial charge is 0.444 e. The van der Waals surface area contributed by atoms with Crippen LogP contribution in [0, 0.1) is 5.92 Å². The van der Waals surface area contributed by atoms with Gasteiger partial charge in [0.25, 0.3) is 0 Å². The van der Waals surface area contributed by atoms with Gasteiger partial charge in [-0.1, -0.05) is 0 Å². The fourth-order valence-electron chi connectivity index (χ4n) is 2.87. The number of imide groups is 2. The van der Waals surface area contributed by atoms with Crippen LogP contribution >= 0.6 is 0 Å². The van der Waals surface area contributed by atoms with Crippen LogP contribution in [0.15, 0.2) is 0 Å². The molecule has 0 N–H and O–H groups in total. The van der Waals surface area contributed by atoms with Crippen molar-refractivity contribution in [1.29, 1.82) is 0 Å². The topological polar surface area (TPSA) is 87.2 Å². The van der Waals surface area contributed by atoms with Crippen LogP contribution in [0.5, 0.6) is 0 Å². The molecule has 134 valence electrons. The molecule has 8 nitrogen and oxygen atoms in total.